The average Bonchev–Trinajstić information content (AvgIpc) is 2.54. The summed E-state index contributed by atoms with van der Waals surface area (Å²) < 4.78 is 0.824. The Balaban J connectivity index is 1.94. The molecule has 0 aliphatic carbocycles. The third-order valence-electron chi connectivity index (χ3n) is 2.95. The van der Waals surface area contributed by atoms with Crippen molar-refractivity contribution < 1.29 is 9.59 Å². The van der Waals surface area contributed by atoms with Gasteiger partial charge in [-0.3, -0.25) is 9.59 Å². The minimum absolute atomic E-state index is 0.110. The zero-order valence-electron chi connectivity index (χ0n) is 12.0. The number of carbonyl (C=O) groups excluding carboxylic acids is 2. The van der Waals surface area contributed by atoms with Gasteiger partial charge >= 0.3 is 0 Å². The number of para-hydroxylation sites is 1. The van der Waals surface area contributed by atoms with Gasteiger partial charge in [0.15, 0.2) is 0 Å². The van der Waals surface area contributed by atoms with E-state index in [9.17, 15) is 9.59 Å². The molecule has 0 bridgehead atoms. The summed E-state index contributed by atoms with van der Waals surface area (Å²) in [4.78, 5) is 23.5. The van der Waals surface area contributed by atoms with E-state index in [1.165, 1.54) is 0 Å². The topological polar surface area (TPSA) is 70.2 Å². The molecule has 2 aromatic rings. The molecule has 3 N–H and O–H groups in total. The molecule has 0 atom stereocenters. The Morgan fingerprint density at radius 2 is 1.86 bits per heavy atom. The summed E-state index contributed by atoms with van der Waals surface area (Å²) in [5, 5.41) is 8.36. The molecule has 0 spiro atoms. The van der Waals surface area contributed by atoms with Crippen LogP contribution in [0, 0.1) is 0 Å². The van der Waals surface area contributed by atoms with E-state index in [0.29, 0.717) is 16.9 Å². The van der Waals surface area contributed by atoms with Gasteiger partial charge in [-0.1, -0.05) is 18.2 Å². The van der Waals surface area contributed by atoms with Crippen LogP contribution in [-0.4, -0.2) is 25.4 Å². The zero-order chi connectivity index (χ0) is 15.9. The molecule has 0 aliphatic rings. The van der Waals surface area contributed by atoms with Crippen molar-refractivity contribution in [1.82, 2.24) is 5.32 Å². The summed E-state index contributed by atoms with van der Waals surface area (Å²) in [6, 6.07) is 14.4. The smallest absolute Gasteiger partial charge is 0.251 e. The maximum absolute atomic E-state index is 11.9. The van der Waals surface area contributed by atoms with E-state index < -0.39 is 0 Å². The summed E-state index contributed by atoms with van der Waals surface area (Å²) in [7, 11) is 1.58. The molecule has 5 nitrogen and oxygen atoms in total. The van der Waals surface area contributed by atoms with Crippen LogP contribution in [0.4, 0.5) is 11.4 Å². The first-order valence-electron chi connectivity index (χ1n) is 6.70. The van der Waals surface area contributed by atoms with Crippen LogP contribution in [-0.2, 0) is 4.79 Å². The third-order valence-corrected chi connectivity index (χ3v) is 3.64. The number of benzene rings is 2. The monoisotopic (exact) mass is 361 g/mol. The van der Waals surface area contributed by atoms with Crippen molar-refractivity contribution >= 4 is 39.1 Å². The van der Waals surface area contributed by atoms with Gasteiger partial charge in [-0.25, -0.2) is 0 Å². The Morgan fingerprint density at radius 1 is 1.09 bits per heavy atom. The molecule has 0 heterocycles. The standard InChI is InChI=1S/C16H16BrN3O2/c1-18-16(22)11-5-4-6-12(9-11)19-10-15(21)20-14-8-3-2-7-13(14)17/h2-9,19H,10H2,1H3,(H,18,22)(H,20,21). The second-order valence-corrected chi connectivity index (χ2v) is 5.40. The van der Waals surface area contributed by atoms with E-state index in [0.717, 1.165) is 4.47 Å². The lowest BCUT2D eigenvalue weighted by molar-refractivity contribution is -0.114. The van der Waals surface area contributed by atoms with Gasteiger partial charge < -0.3 is 16.0 Å². The van der Waals surface area contributed by atoms with E-state index in [-0.39, 0.29) is 18.4 Å². The highest BCUT2D eigenvalue weighted by Gasteiger charge is 2.06. The van der Waals surface area contributed by atoms with Crippen molar-refractivity contribution in [2.75, 3.05) is 24.2 Å². The Kier molecular flexibility index (Phi) is 5.55. The van der Waals surface area contributed by atoms with Gasteiger partial charge in [0.1, 0.15) is 0 Å². The highest BCUT2D eigenvalue weighted by atomic mass is 79.9. The van der Waals surface area contributed by atoms with E-state index in [4.69, 9.17) is 0 Å². The van der Waals surface area contributed by atoms with Gasteiger partial charge in [-0.2, -0.15) is 0 Å². The summed E-state index contributed by atoms with van der Waals surface area (Å²) in [5.41, 5.74) is 1.97. The summed E-state index contributed by atoms with van der Waals surface area (Å²) in [6.07, 6.45) is 0. The van der Waals surface area contributed by atoms with Gasteiger partial charge in [0.2, 0.25) is 5.91 Å². The predicted molar refractivity (Wildman–Crippen MR) is 91.1 cm³/mol. The second kappa shape index (κ2) is 7.61. The molecule has 0 aliphatic heterocycles. The number of rotatable bonds is 5. The SMILES string of the molecule is CNC(=O)c1cccc(NCC(=O)Nc2ccccc2Br)c1. The van der Waals surface area contributed by atoms with Crippen molar-refractivity contribution in [1.29, 1.82) is 0 Å². The fraction of sp³-hybridized carbons (Fsp3) is 0.125. The molecule has 0 unspecified atom stereocenters. The van der Waals surface area contributed by atoms with Gasteiger partial charge in [-0.15, -0.1) is 0 Å². The molecule has 22 heavy (non-hydrogen) atoms. The van der Waals surface area contributed by atoms with Crippen LogP contribution in [0.25, 0.3) is 0 Å². The zero-order valence-corrected chi connectivity index (χ0v) is 13.6. The number of nitrogens with one attached hydrogen (secondary N) is 3. The van der Waals surface area contributed by atoms with E-state index in [2.05, 4.69) is 31.9 Å². The van der Waals surface area contributed by atoms with Crippen LogP contribution in [0.3, 0.4) is 0 Å². The first-order valence-corrected chi connectivity index (χ1v) is 7.50. The maximum atomic E-state index is 11.9. The highest BCUT2D eigenvalue weighted by molar-refractivity contribution is 9.10. The molecule has 2 amide bonds. The third kappa shape index (κ3) is 4.33. The van der Waals surface area contributed by atoms with Crippen molar-refractivity contribution in [3.63, 3.8) is 0 Å². The lowest BCUT2D eigenvalue weighted by atomic mass is 10.2. The molecular weight excluding hydrogens is 346 g/mol. The molecule has 0 saturated heterocycles. The maximum Gasteiger partial charge on any atom is 0.251 e. The number of amides is 2. The highest BCUT2D eigenvalue weighted by Crippen LogP contribution is 2.21. The molecule has 114 valence electrons. The number of hydrogen-bond donors (Lipinski definition) is 3. The Hall–Kier alpha value is -2.34. The summed E-state index contributed by atoms with van der Waals surface area (Å²) in [5.74, 6) is -0.335. The van der Waals surface area contributed by atoms with Crippen molar-refractivity contribution in [3.05, 3.63) is 58.6 Å². The molecule has 0 fully saturated rings. The lowest BCUT2D eigenvalue weighted by Crippen LogP contribution is -2.22. The first kappa shape index (κ1) is 16.0. The summed E-state index contributed by atoms with van der Waals surface area (Å²) in [6.45, 7) is 0.110. The fourth-order valence-corrected chi connectivity index (χ4v) is 2.24. The molecule has 6 heteroatoms. The largest absolute Gasteiger partial charge is 0.376 e. The predicted octanol–water partition coefficient (Wildman–Crippen LogP) is 2.86. The number of hydrogen-bond acceptors (Lipinski definition) is 3. The van der Waals surface area contributed by atoms with Gasteiger partial charge in [-0.05, 0) is 46.3 Å². The average molecular weight is 362 g/mol. The van der Waals surface area contributed by atoms with Gasteiger partial charge in [0, 0.05) is 22.8 Å². The van der Waals surface area contributed by atoms with E-state index in [1.807, 2.05) is 24.3 Å². The van der Waals surface area contributed by atoms with Gasteiger partial charge in [0.05, 0.1) is 12.2 Å². The first-order chi connectivity index (χ1) is 10.6. The van der Waals surface area contributed by atoms with Crippen LogP contribution < -0.4 is 16.0 Å². The lowest BCUT2D eigenvalue weighted by Gasteiger charge is -2.10. The van der Waals surface area contributed by atoms with Crippen molar-refractivity contribution in [3.8, 4) is 0 Å². The number of halogens is 1. The van der Waals surface area contributed by atoms with Crippen LogP contribution in [0.2, 0.25) is 0 Å². The van der Waals surface area contributed by atoms with Crippen LogP contribution in [0.1, 0.15) is 10.4 Å². The molecule has 0 saturated carbocycles. The molecule has 0 radical (unpaired) electrons. The number of anilines is 2. The van der Waals surface area contributed by atoms with Crippen molar-refractivity contribution in [2.45, 2.75) is 0 Å². The normalized spacial score (nSPS) is 9.91. The minimum Gasteiger partial charge on any atom is -0.376 e. The van der Waals surface area contributed by atoms with Crippen LogP contribution in [0.5, 0.6) is 0 Å². The van der Waals surface area contributed by atoms with Crippen molar-refractivity contribution in [2.24, 2.45) is 0 Å². The molecular formula is C16H16BrN3O2. The summed E-state index contributed by atoms with van der Waals surface area (Å²) >= 11 is 3.37. The Morgan fingerprint density at radius 3 is 2.59 bits per heavy atom. The quantitative estimate of drug-likeness (QED) is 0.766. The van der Waals surface area contributed by atoms with E-state index in [1.54, 1.807) is 31.3 Å². The molecule has 0 aromatic heterocycles. The molecule has 2 aromatic carbocycles. The molecule has 2 rings (SSSR count). The fourth-order valence-electron chi connectivity index (χ4n) is 1.85. The van der Waals surface area contributed by atoms with Crippen LogP contribution >= 0.6 is 15.9 Å². The van der Waals surface area contributed by atoms with E-state index >= 15 is 0 Å². The minimum atomic E-state index is -0.169. The van der Waals surface area contributed by atoms with Crippen LogP contribution in [0.15, 0.2) is 53.0 Å². The van der Waals surface area contributed by atoms with Gasteiger partial charge in [0.25, 0.3) is 5.91 Å². The Labute approximate surface area is 137 Å². The second-order valence-electron chi connectivity index (χ2n) is 4.54. The Bertz CT molecular complexity index is 689. The number of carbonyl (C=O) groups is 2.